The van der Waals surface area contributed by atoms with E-state index in [0.717, 1.165) is 25.9 Å². The monoisotopic (exact) mass is 453 g/mol. The van der Waals surface area contributed by atoms with E-state index < -0.39 is 10.0 Å². The topological polar surface area (TPSA) is 106 Å². The summed E-state index contributed by atoms with van der Waals surface area (Å²) < 4.78 is 32.1. The van der Waals surface area contributed by atoms with Gasteiger partial charge in [0.05, 0.1) is 19.8 Å². The fourth-order valence-corrected chi connectivity index (χ4v) is 5.70. The molecule has 0 spiro atoms. The van der Waals surface area contributed by atoms with Crippen molar-refractivity contribution in [2.45, 2.75) is 24.2 Å². The number of piperazine rings is 1. The Hall–Kier alpha value is -1.95. The molecule has 0 radical (unpaired) electrons. The lowest BCUT2D eigenvalue weighted by Crippen LogP contribution is -2.52. The standard InChI is InChI=1S/C20H31N5O5S/c26-19(23-4-2-1-3-5-23)16-22-6-8-24(9-7-22)20(27)18-14-17(15-21-18)31(28,29)25-10-12-30-13-11-25/h14-15,21H,1-13,16H2. The Morgan fingerprint density at radius 3 is 2.26 bits per heavy atom. The Morgan fingerprint density at radius 2 is 1.58 bits per heavy atom. The highest BCUT2D eigenvalue weighted by molar-refractivity contribution is 7.89. The van der Waals surface area contributed by atoms with E-state index in [1.165, 1.54) is 23.0 Å². The van der Waals surface area contributed by atoms with Crippen LogP contribution < -0.4 is 0 Å². The molecule has 0 saturated carbocycles. The van der Waals surface area contributed by atoms with Crippen LogP contribution in [0, 0.1) is 0 Å². The molecule has 4 heterocycles. The lowest BCUT2D eigenvalue weighted by Gasteiger charge is -2.35. The van der Waals surface area contributed by atoms with E-state index in [2.05, 4.69) is 9.88 Å². The minimum Gasteiger partial charge on any atom is -0.379 e. The molecule has 0 aromatic carbocycles. The van der Waals surface area contributed by atoms with Crippen LogP contribution in [0.3, 0.4) is 0 Å². The van der Waals surface area contributed by atoms with Crippen molar-refractivity contribution in [2.24, 2.45) is 0 Å². The minimum atomic E-state index is -3.64. The van der Waals surface area contributed by atoms with Gasteiger partial charge >= 0.3 is 0 Å². The fraction of sp³-hybridized carbons (Fsp3) is 0.700. The largest absolute Gasteiger partial charge is 0.379 e. The van der Waals surface area contributed by atoms with Crippen LogP contribution in [0.1, 0.15) is 29.8 Å². The van der Waals surface area contributed by atoms with Gasteiger partial charge in [-0.15, -0.1) is 0 Å². The summed E-state index contributed by atoms with van der Waals surface area (Å²) >= 11 is 0. The Bertz CT molecular complexity index is 882. The minimum absolute atomic E-state index is 0.100. The fourth-order valence-electron chi connectivity index (χ4n) is 4.30. The first-order valence-electron chi connectivity index (χ1n) is 11.0. The second-order valence-electron chi connectivity index (χ2n) is 8.28. The molecule has 3 fully saturated rings. The zero-order valence-electron chi connectivity index (χ0n) is 17.8. The van der Waals surface area contributed by atoms with Crippen LogP contribution in [0.4, 0.5) is 0 Å². The molecule has 0 aliphatic carbocycles. The molecule has 1 aromatic rings. The number of hydrogen-bond acceptors (Lipinski definition) is 6. The molecular weight excluding hydrogens is 422 g/mol. The van der Waals surface area contributed by atoms with Crippen LogP contribution in [0.25, 0.3) is 0 Å². The van der Waals surface area contributed by atoms with Gasteiger partial charge in [-0.05, 0) is 25.3 Å². The van der Waals surface area contributed by atoms with Crippen molar-refractivity contribution in [3.63, 3.8) is 0 Å². The summed E-state index contributed by atoms with van der Waals surface area (Å²) in [5.41, 5.74) is 0.268. The number of hydrogen-bond donors (Lipinski definition) is 1. The Labute approximate surface area is 183 Å². The molecule has 4 rings (SSSR count). The number of aromatic nitrogens is 1. The molecule has 31 heavy (non-hydrogen) atoms. The number of amides is 2. The van der Waals surface area contributed by atoms with Gasteiger partial charge in [-0.1, -0.05) is 0 Å². The number of nitrogens with one attached hydrogen (secondary N) is 1. The SMILES string of the molecule is O=C(CN1CCN(C(=O)c2cc(S(=O)(=O)N3CCOCC3)c[nH]2)CC1)N1CCCCC1. The number of carbonyl (C=O) groups is 2. The van der Waals surface area contributed by atoms with Gasteiger partial charge in [0.2, 0.25) is 15.9 Å². The van der Waals surface area contributed by atoms with Gasteiger partial charge < -0.3 is 19.5 Å². The number of nitrogens with zero attached hydrogens (tertiary/aromatic N) is 4. The van der Waals surface area contributed by atoms with Gasteiger partial charge in [-0.25, -0.2) is 8.42 Å². The molecule has 0 unspecified atom stereocenters. The van der Waals surface area contributed by atoms with Crippen LogP contribution >= 0.6 is 0 Å². The van der Waals surface area contributed by atoms with Gasteiger partial charge in [-0.3, -0.25) is 14.5 Å². The average molecular weight is 454 g/mol. The number of likely N-dealkylation sites (tertiary alicyclic amines) is 1. The quantitative estimate of drug-likeness (QED) is 0.662. The molecule has 3 aliphatic heterocycles. The van der Waals surface area contributed by atoms with Gasteiger partial charge in [0.25, 0.3) is 5.91 Å². The molecule has 3 aliphatic rings. The summed E-state index contributed by atoms with van der Waals surface area (Å²) in [6, 6.07) is 1.42. The predicted octanol–water partition coefficient (Wildman–Crippen LogP) is -0.194. The maximum atomic E-state index is 12.9. The highest BCUT2D eigenvalue weighted by atomic mass is 32.2. The lowest BCUT2D eigenvalue weighted by molar-refractivity contribution is -0.133. The molecule has 0 atom stereocenters. The molecule has 1 aromatic heterocycles. The zero-order chi connectivity index (χ0) is 21.8. The number of rotatable bonds is 5. The van der Waals surface area contributed by atoms with Gasteiger partial charge in [-0.2, -0.15) is 4.31 Å². The summed E-state index contributed by atoms with van der Waals surface area (Å²) in [5, 5.41) is 0. The van der Waals surface area contributed by atoms with Crippen molar-refractivity contribution in [2.75, 3.05) is 72.1 Å². The van der Waals surface area contributed by atoms with Gasteiger partial charge in [0.15, 0.2) is 0 Å². The van der Waals surface area contributed by atoms with Crippen molar-refractivity contribution in [1.82, 2.24) is 24.0 Å². The molecule has 11 heteroatoms. The van der Waals surface area contributed by atoms with Crippen LogP contribution in [0.2, 0.25) is 0 Å². The Kier molecular flexibility index (Phi) is 6.95. The first-order valence-corrected chi connectivity index (χ1v) is 12.4. The smallest absolute Gasteiger partial charge is 0.270 e. The maximum absolute atomic E-state index is 12.9. The normalized spacial score (nSPS) is 21.9. The summed E-state index contributed by atoms with van der Waals surface area (Å²) in [7, 11) is -3.64. The van der Waals surface area contributed by atoms with Gasteiger partial charge in [0, 0.05) is 58.6 Å². The summed E-state index contributed by atoms with van der Waals surface area (Å²) in [5.74, 6) is -0.0489. The number of ether oxygens (including phenoxy) is 1. The second kappa shape index (κ2) is 9.68. The van der Waals surface area contributed by atoms with Crippen molar-refractivity contribution in [1.29, 1.82) is 0 Å². The van der Waals surface area contributed by atoms with Crippen molar-refractivity contribution in [3.8, 4) is 0 Å². The van der Waals surface area contributed by atoms with Crippen LogP contribution in [0.15, 0.2) is 17.2 Å². The molecule has 2 amide bonds. The van der Waals surface area contributed by atoms with E-state index in [4.69, 9.17) is 4.74 Å². The third kappa shape index (κ3) is 5.11. The van der Waals surface area contributed by atoms with Crippen LogP contribution in [0.5, 0.6) is 0 Å². The summed E-state index contributed by atoms with van der Waals surface area (Å²) in [6.07, 6.45) is 4.73. The number of morpholine rings is 1. The molecule has 172 valence electrons. The maximum Gasteiger partial charge on any atom is 0.270 e. The molecule has 0 bridgehead atoms. The molecule has 1 N–H and O–H groups in total. The van der Waals surface area contributed by atoms with Gasteiger partial charge in [0.1, 0.15) is 10.6 Å². The van der Waals surface area contributed by atoms with E-state index >= 15 is 0 Å². The van der Waals surface area contributed by atoms with Crippen molar-refractivity contribution >= 4 is 21.8 Å². The lowest BCUT2D eigenvalue weighted by atomic mass is 10.1. The molecule has 3 saturated heterocycles. The highest BCUT2D eigenvalue weighted by Crippen LogP contribution is 2.19. The van der Waals surface area contributed by atoms with E-state index in [0.29, 0.717) is 59.0 Å². The third-order valence-corrected chi connectivity index (χ3v) is 8.10. The van der Waals surface area contributed by atoms with E-state index in [1.54, 1.807) is 4.90 Å². The van der Waals surface area contributed by atoms with E-state index in [1.807, 2.05) is 4.90 Å². The number of carbonyl (C=O) groups excluding carboxylic acids is 2. The Morgan fingerprint density at radius 1 is 0.903 bits per heavy atom. The number of aromatic amines is 1. The Balaban J connectivity index is 1.30. The molecule has 10 nitrogen and oxygen atoms in total. The number of piperidine rings is 1. The van der Waals surface area contributed by atoms with E-state index in [9.17, 15) is 18.0 Å². The first-order chi connectivity index (χ1) is 14.9. The van der Waals surface area contributed by atoms with Crippen molar-refractivity contribution < 1.29 is 22.7 Å². The highest BCUT2D eigenvalue weighted by Gasteiger charge is 2.30. The zero-order valence-corrected chi connectivity index (χ0v) is 18.6. The third-order valence-electron chi connectivity index (χ3n) is 6.22. The predicted molar refractivity (Wildman–Crippen MR) is 113 cm³/mol. The van der Waals surface area contributed by atoms with Crippen LogP contribution in [-0.4, -0.2) is 116 Å². The number of H-pyrrole nitrogens is 1. The second-order valence-corrected chi connectivity index (χ2v) is 10.2. The van der Waals surface area contributed by atoms with E-state index in [-0.39, 0.29) is 22.4 Å². The molecular formula is C20H31N5O5S. The van der Waals surface area contributed by atoms with Crippen molar-refractivity contribution in [3.05, 3.63) is 18.0 Å². The summed E-state index contributed by atoms with van der Waals surface area (Å²) in [4.78, 5) is 34.0. The number of sulfonamides is 1. The average Bonchev–Trinajstić information content (AvgIpc) is 3.31. The van der Waals surface area contributed by atoms with Crippen LogP contribution in [-0.2, 0) is 19.6 Å². The first kappa shape index (κ1) is 22.3. The summed E-state index contributed by atoms with van der Waals surface area (Å²) in [6.45, 7) is 5.75.